The van der Waals surface area contributed by atoms with Gasteiger partial charge < -0.3 is 15.4 Å². The molecule has 2 N–H and O–H groups in total. The number of hydrogen-bond acceptors (Lipinski definition) is 3. The van der Waals surface area contributed by atoms with Crippen LogP contribution in [0.2, 0.25) is 0 Å². The van der Waals surface area contributed by atoms with Crippen molar-refractivity contribution in [2.24, 2.45) is 5.73 Å². The summed E-state index contributed by atoms with van der Waals surface area (Å²) >= 11 is 0. The van der Waals surface area contributed by atoms with Crippen LogP contribution in [0.1, 0.15) is 25.3 Å². The van der Waals surface area contributed by atoms with Crippen LogP contribution in [-0.2, 0) is 16.0 Å². The van der Waals surface area contributed by atoms with E-state index in [1.54, 1.807) is 7.11 Å². The van der Waals surface area contributed by atoms with Crippen molar-refractivity contribution >= 4 is 18.3 Å². The van der Waals surface area contributed by atoms with E-state index >= 15 is 0 Å². The molecule has 0 heterocycles. The molecule has 0 fully saturated rings. The third kappa shape index (κ3) is 6.46. The maximum absolute atomic E-state index is 12.3. The molecule has 21 heavy (non-hydrogen) atoms. The Balaban J connectivity index is 0.00000400. The van der Waals surface area contributed by atoms with E-state index in [2.05, 4.69) is 19.1 Å². The van der Waals surface area contributed by atoms with E-state index in [1.165, 1.54) is 5.56 Å². The number of carbonyl (C=O) groups is 1. The van der Waals surface area contributed by atoms with Crippen molar-refractivity contribution in [3.8, 4) is 0 Å². The molecule has 0 bridgehead atoms. The number of carbonyl (C=O) groups excluding carboxylic acids is 1. The number of ether oxygens (including phenoxy) is 1. The molecule has 0 aliphatic carbocycles. The molecule has 1 rings (SSSR count). The van der Waals surface area contributed by atoms with Gasteiger partial charge in [-0.3, -0.25) is 4.79 Å². The van der Waals surface area contributed by atoms with Crippen LogP contribution in [0, 0.1) is 0 Å². The molecule has 0 radical (unpaired) electrons. The summed E-state index contributed by atoms with van der Waals surface area (Å²) in [6.07, 6.45) is 1.95. The lowest BCUT2D eigenvalue weighted by Gasteiger charge is -2.28. The molecule has 120 valence electrons. The Kier molecular flexibility index (Phi) is 10.0. The van der Waals surface area contributed by atoms with Gasteiger partial charge in [-0.1, -0.05) is 37.3 Å². The fraction of sp³-hybridized carbons (Fsp3) is 0.562. The van der Waals surface area contributed by atoms with Gasteiger partial charge in [0.2, 0.25) is 5.91 Å². The van der Waals surface area contributed by atoms with Gasteiger partial charge in [0.05, 0.1) is 12.5 Å². The quantitative estimate of drug-likeness (QED) is 0.800. The van der Waals surface area contributed by atoms with Crippen molar-refractivity contribution in [1.29, 1.82) is 0 Å². The first-order valence-corrected chi connectivity index (χ1v) is 7.14. The van der Waals surface area contributed by atoms with Crippen molar-refractivity contribution in [2.45, 2.75) is 38.3 Å². The molecule has 0 saturated carbocycles. The summed E-state index contributed by atoms with van der Waals surface area (Å²) < 4.78 is 5.18. The number of likely N-dealkylation sites (N-methyl/N-ethyl adjacent to an activating group) is 1. The van der Waals surface area contributed by atoms with Gasteiger partial charge in [0.15, 0.2) is 0 Å². The normalized spacial score (nSPS) is 13.1. The Morgan fingerprint density at radius 1 is 1.33 bits per heavy atom. The van der Waals surface area contributed by atoms with E-state index in [9.17, 15) is 4.79 Å². The first-order chi connectivity index (χ1) is 9.62. The van der Waals surface area contributed by atoms with Gasteiger partial charge in [0.25, 0.3) is 0 Å². The largest absolute Gasteiger partial charge is 0.380 e. The van der Waals surface area contributed by atoms with E-state index in [0.717, 1.165) is 12.8 Å². The topological polar surface area (TPSA) is 55.6 Å². The molecular formula is C16H27ClN2O2. The number of benzene rings is 1. The molecule has 1 amide bonds. The van der Waals surface area contributed by atoms with Crippen LogP contribution in [0.4, 0.5) is 0 Å². The Morgan fingerprint density at radius 3 is 2.43 bits per heavy atom. The maximum atomic E-state index is 12.3. The van der Waals surface area contributed by atoms with Gasteiger partial charge in [-0.15, -0.1) is 12.4 Å². The minimum absolute atomic E-state index is 0. The second kappa shape index (κ2) is 10.6. The minimum atomic E-state index is -0.195. The highest BCUT2D eigenvalue weighted by molar-refractivity contribution is 5.85. The summed E-state index contributed by atoms with van der Waals surface area (Å²) in [7, 11) is 3.45. The molecule has 4 nitrogen and oxygen atoms in total. The lowest BCUT2D eigenvalue weighted by molar-refractivity contribution is -0.134. The molecule has 0 spiro atoms. The van der Waals surface area contributed by atoms with Crippen molar-refractivity contribution < 1.29 is 9.53 Å². The molecule has 2 atom stereocenters. The average Bonchev–Trinajstić information content (AvgIpc) is 2.50. The number of nitrogens with two attached hydrogens (primary N) is 1. The van der Waals surface area contributed by atoms with Crippen LogP contribution in [0.25, 0.3) is 0 Å². The smallest absolute Gasteiger partial charge is 0.225 e. The first kappa shape index (κ1) is 19.9. The number of nitrogens with zero attached hydrogens (tertiary/aromatic N) is 1. The molecular weight excluding hydrogens is 288 g/mol. The standard InChI is InChI=1S/C16H26N2O2.ClH/c1-4-14(10-13-8-6-5-7-9-13)18(2)16(19)11-15(12-17)20-3;/h5-9,14-15H,4,10-12,17H2,1-3H3;1H. The van der Waals surface area contributed by atoms with Gasteiger partial charge in [-0.25, -0.2) is 0 Å². The van der Waals surface area contributed by atoms with Crippen LogP contribution in [0.3, 0.4) is 0 Å². The van der Waals surface area contributed by atoms with Gasteiger partial charge in [0.1, 0.15) is 0 Å². The van der Waals surface area contributed by atoms with Crippen LogP contribution in [0.5, 0.6) is 0 Å². The second-order valence-corrected chi connectivity index (χ2v) is 5.05. The zero-order valence-corrected chi connectivity index (χ0v) is 13.9. The van der Waals surface area contributed by atoms with E-state index < -0.39 is 0 Å². The number of methoxy groups -OCH3 is 1. The lowest BCUT2D eigenvalue weighted by atomic mass is 10.0. The van der Waals surface area contributed by atoms with Crippen molar-refractivity contribution in [1.82, 2.24) is 4.90 Å². The molecule has 0 aromatic heterocycles. The Bertz CT molecular complexity index is 397. The zero-order chi connectivity index (χ0) is 15.0. The predicted octanol–water partition coefficient (Wildman–Crippen LogP) is 2.25. The van der Waals surface area contributed by atoms with Gasteiger partial charge >= 0.3 is 0 Å². The molecule has 0 saturated heterocycles. The Morgan fingerprint density at radius 2 is 1.95 bits per heavy atom. The molecule has 0 aliphatic rings. The SMILES string of the molecule is CCC(Cc1ccccc1)N(C)C(=O)CC(CN)OC.Cl. The number of halogens is 1. The molecule has 0 aliphatic heterocycles. The average molecular weight is 315 g/mol. The summed E-state index contributed by atoms with van der Waals surface area (Å²) in [5.74, 6) is 0.0880. The summed E-state index contributed by atoms with van der Waals surface area (Å²) in [4.78, 5) is 14.1. The Hall–Kier alpha value is -1.10. The number of rotatable bonds is 8. The van der Waals surface area contributed by atoms with Gasteiger partial charge in [-0.2, -0.15) is 0 Å². The van der Waals surface area contributed by atoms with Crippen LogP contribution in [0.15, 0.2) is 30.3 Å². The number of hydrogen-bond donors (Lipinski definition) is 1. The lowest BCUT2D eigenvalue weighted by Crippen LogP contribution is -2.40. The third-order valence-corrected chi connectivity index (χ3v) is 3.73. The summed E-state index contributed by atoms with van der Waals surface area (Å²) in [5, 5.41) is 0. The van der Waals surface area contributed by atoms with Crippen LogP contribution >= 0.6 is 12.4 Å². The van der Waals surface area contributed by atoms with Crippen LogP contribution in [-0.4, -0.2) is 43.7 Å². The van der Waals surface area contributed by atoms with E-state index in [1.807, 2.05) is 30.1 Å². The van der Waals surface area contributed by atoms with Gasteiger partial charge in [-0.05, 0) is 18.4 Å². The first-order valence-electron chi connectivity index (χ1n) is 7.14. The van der Waals surface area contributed by atoms with Crippen molar-refractivity contribution in [3.05, 3.63) is 35.9 Å². The zero-order valence-electron chi connectivity index (χ0n) is 13.1. The monoisotopic (exact) mass is 314 g/mol. The summed E-state index contributed by atoms with van der Waals surface area (Å²) in [6.45, 7) is 2.47. The summed E-state index contributed by atoms with van der Waals surface area (Å²) in [5.41, 5.74) is 6.82. The fourth-order valence-electron chi connectivity index (χ4n) is 2.25. The molecule has 5 heteroatoms. The highest BCUT2D eigenvalue weighted by atomic mass is 35.5. The maximum Gasteiger partial charge on any atom is 0.225 e. The van der Waals surface area contributed by atoms with E-state index in [0.29, 0.717) is 13.0 Å². The fourth-order valence-corrected chi connectivity index (χ4v) is 2.25. The summed E-state index contributed by atoms with van der Waals surface area (Å²) in [6, 6.07) is 10.5. The van der Waals surface area contributed by atoms with Crippen LogP contribution < -0.4 is 5.73 Å². The highest BCUT2D eigenvalue weighted by Gasteiger charge is 2.21. The highest BCUT2D eigenvalue weighted by Crippen LogP contribution is 2.13. The van der Waals surface area contributed by atoms with Gasteiger partial charge in [0, 0.05) is 26.7 Å². The van der Waals surface area contributed by atoms with Crippen molar-refractivity contribution in [3.63, 3.8) is 0 Å². The molecule has 1 aromatic carbocycles. The second-order valence-electron chi connectivity index (χ2n) is 5.05. The minimum Gasteiger partial charge on any atom is -0.380 e. The Labute approximate surface area is 134 Å². The molecule has 2 unspecified atom stereocenters. The third-order valence-electron chi connectivity index (χ3n) is 3.73. The number of amides is 1. The predicted molar refractivity (Wildman–Crippen MR) is 88.7 cm³/mol. The van der Waals surface area contributed by atoms with Crippen molar-refractivity contribution in [2.75, 3.05) is 20.7 Å². The molecule has 1 aromatic rings. The van der Waals surface area contributed by atoms with E-state index in [4.69, 9.17) is 10.5 Å². The van der Waals surface area contributed by atoms with E-state index in [-0.39, 0.29) is 30.5 Å².